The summed E-state index contributed by atoms with van der Waals surface area (Å²) in [5.41, 5.74) is 2.10. The molecule has 0 spiro atoms. The fraction of sp³-hybridized carbons (Fsp3) is 0.833. The lowest BCUT2D eigenvalue weighted by atomic mass is 9.70. The van der Waals surface area contributed by atoms with Crippen molar-refractivity contribution in [2.24, 2.45) is 11.3 Å². The highest BCUT2D eigenvalue weighted by Gasteiger charge is 2.37. The van der Waals surface area contributed by atoms with Gasteiger partial charge in [0, 0.05) is 17.3 Å². The third-order valence-electron chi connectivity index (χ3n) is 3.93. The Morgan fingerprint density at radius 3 is 2.93 bits per heavy atom. The third-order valence-corrected chi connectivity index (χ3v) is 5.05. The van der Waals surface area contributed by atoms with E-state index in [4.69, 9.17) is 4.74 Å². The van der Waals surface area contributed by atoms with E-state index in [1.165, 1.54) is 18.6 Å². The minimum absolute atomic E-state index is 0.398. The van der Waals surface area contributed by atoms with Crippen LogP contribution in [0.5, 0.6) is 0 Å². The average Bonchev–Trinajstić information content (AvgIpc) is 2.54. The van der Waals surface area contributed by atoms with Gasteiger partial charge in [0.2, 0.25) is 0 Å². The molecule has 14 heavy (non-hydrogen) atoms. The third kappa shape index (κ3) is 1.63. The predicted octanol–water partition coefficient (Wildman–Crippen LogP) is 3.46. The fourth-order valence-electron chi connectivity index (χ4n) is 2.47. The topological polar surface area (TPSA) is 9.23 Å². The molecule has 0 saturated carbocycles. The summed E-state index contributed by atoms with van der Waals surface area (Å²) in [6, 6.07) is 0. The molecule has 0 radical (unpaired) electrons. The molecule has 2 aliphatic heterocycles. The number of rotatable bonds is 1. The first-order chi connectivity index (χ1) is 6.64. The van der Waals surface area contributed by atoms with Crippen LogP contribution in [0.15, 0.2) is 10.5 Å². The van der Waals surface area contributed by atoms with Gasteiger partial charge >= 0.3 is 0 Å². The zero-order valence-electron chi connectivity index (χ0n) is 9.43. The van der Waals surface area contributed by atoms with Crippen LogP contribution in [0.1, 0.15) is 33.6 Å². The Bertz CT molecular complexity index is 257. The molecule has 0 N–H and O–H groups in total. The Labute approximate surface area is 91.3 Å². The maximum absolute atomic E-state index is 5.68. The predicted molar refractivity (Wildman–Crippen MR) is 62.5 cm³/mol. The highest BCUT2D eigenvalue weighted by molar-refractivity contribution is 8.03. The van der Waals surface area contributed by atoms with Crippen molar-refractivity contribution in [3.8, 4) is 0 Å². The van der Waals surface area contributed by atoms with Crippen molar-refractivity contribution in [2.45, 2.75) is 33.6 Å². The highest BCUT2D eigenvalue weighted by atomic mass is 32.2. The normalized spacial score (nSPS) is 33.4. The van der Waals surface area contributed by atoms with Gasteiger partial charge in [0.15, 0.2) is 0 Å². The maximum atomic E-state index is 5.68. The monoisotopic (exact) mass is 212 g/mol. The molecule has 1 nitrogen and oxygen atoms in total. The lowest BCUT2D eigenvalue weighted by molar-refractivity contribution is 0.126. The smallest absolute Gasteiger partial charge is 0.0775 e. The van der Waals surface area contributed by atoms with E-state index in [9.17, 15) is 0 Å². The van der Waals surface area contributed by atoms with Gasteiger partial charge in [-0.15, -0.1) is 11.8 Å². The van der Waals surface area contributed by atoms with Gasteiger partial charge in [-0.2, -0.15) is 0 Å². The van der Waals surface area contributed by atoms with Crippen LogP contribution in [0.3, 0.4) is 0 Å². The first kappa shape index (κ1) is 10.6. The average molecular weight is 212 g/mol. The molecule has 0 aromatic rings. The van der Waals surface area contributed by atoms with Crippen molar-refractivity contribution < 1.29 is 4.74 Å². The van der Waals surface area contributed by atoms with Gasteiger partial charge in [0.1, 0.15) is 0 Å². The van der Waals surface area contributed by atoms with E-state index in [1.54, 1.807) is 10.5 Å². The number of hydrogen-bond acceptors (Lipinski definition) is 2. The van der Waals surface area contributed by atoms with Crippen LogP contribution < -0.4 is 0 Å². The second-order valence-electron chi connectivity index (χ2n) is 4.87. The summed E-state index contributed by atoms with van der Waals surface area (Å²) in [4.78, 5) is 1.54. The van der Waals surface area contributed by atoms with Crippen molar-refractivity contribution in [1.29, 1.82) is 0 Å². The summed E-state index contributed by atoms with van der Waals surface area (Å²) in [7, 11) is 0. The van der Waals surface area contributed by atoms with Crippen LogP contribution in [0, 0.1) is 11.3 Å². The molecule has 0 fully saturated rings. The molecule has 2 aliphatic rings. The Balaban J connectivity index is 2.33. The lowest BCUT2D eigenvalue weighted by Gasteiger charge is -2.34. The summed E-state index contributed by atoms with van der Waals surface area (Å²) in [6.45, 7) is 8.93. The maximum Gasteiger partial charge on any atom is 0.0775 e. The molecule has 2 rings (SSSR count). The van der Waals surface area contributed by atoms with E-state index >= 15 is 0 Å². The molecule has 2 heterocycles. The molecule has 80 valence electrons. The molecule has 0 aromatic carbocycles. The Morgan fingerprint density at radius 2 is 2.21 bits per heavy atom. The van der Waals surface area contributed by atoms with E-state index in [1.807, 2.05) is 11.8 Å². The van der Waals surface area contributed by atoms with Crippen molar-refractivity contribution in [3.63, 3.8) is 0 Å². The minimum atomic E-state index is 0.398. The van der Waals surface area contributed by atoms with E-state index in [2.05, 4.69) is 20.8 Å². The second-order valence-corrected chi connectivity index (χ2v) is 6.06. The quantitative estimate of drug-likeness (QED) is 0.658. The van der Waals surface area contributed by atoms with Gasteiger partial charge in [-0.05, 0) is 24.2 Å². The summed E-state index contributed by atoms with van der Waals surface area (Å²) in [5.74, 6) is 2.00. The first-order valence-corrected chi connectivity index (χ1v) is 6.56. The van der Waals surface area contributed by atoms with Crippen molar-refractivity contribution in [2.75, 3.05) is 19.0 Å². The largest absolute Gasteiger partial charge is 0.376 e. The molecular weight excluding hydrogens is 192 g/mol. The van der Waals surface area contributed by atoms with Crippen LogP contribution in [0.2, 0.25) is 0 Å². The molecule has 1 unspecified atom stereocenters. The van der Waals surface area contributed by atoms with Crippen LogP contribution in [-0.2, 0) is 4.74 Å². The Kier molecular flexibility index (Phi) is 2.94. The Hall–Kier alpha value is 0.0500. The van der Waals surface area contributed by atoms with Crippen molar-refractivity contribution in [1.82, 2.24) is 0 Å². The van der Waals surface area contributed by atoms with Crippen LogP contribution in [-0.4, -0.2) is 19.0 Å². The minimum Gasteiger partial charge on any atom is -0.376 e. The van der Waals surface area contributed by atoms with Crippen LogP contribution in [0.4, 0.5) is 0 Å². The fourth-order valence-corrected chi connectivity index (χ4v) is 3.70. The lowest BCUT2D eigenvalue weighted by Crippen LogP contribution is -2.26. The summed E-state index contributed by atoms with van der Waals surface area (Å²) in [5, 5.41) is 0. The van der Waals surface area contributed by atoms with Crippen LogP contribution in [0.25, 0.3) is 0 Å². The van der Waals surface area contributed by atoms with E-state index in [0.29, 0.717) is 5.41 Å². The van der Waals surface area contributed by atoms with Crippen molar-refractivity contribution >= 4 is 11.8 Å². The van der Waals surface area contributed by atoms with E-state index in [0.717, 1.165) is 19.1 Å². The molecule has 0 aliphatic carbocycles. The van der Waals surface area contributed by atoms with Gasteiger partial charge in [0.05, 0.1) is 6.61 Å². The molecule has 0 aromatic heterocycles. The van der Waals surface area contributed by atoms with E-state index in [-0.39, 0.29) is 0 Å². The molecule has 0 saturated heterocycles. The van der Waals surface area contributed by atoms with Gasteiger partial charge in [-0.25, -0.2) is 0 Å². The number of ether oxygens (including phenoxy) is 1. The second kappa shape index (κ2) is 3.90. The zero-order chi connectivity index (χ0) is 10.2. The van der Waals surface area contributed by atoms with Gasteiger partial charge in [-0.3, -0.25) is 0 Å². The first-order valence-electron chi connectivity index (χ1n) is 5.57. The Morgan fingerprint density at radius 1 is 1.43 bits per heavy atom. The highest BCUT2D eigenvalue weighted by Crippen LogP contribution is 2.49. The van der Waals surface area contributed by atoms with Gasteiger partial charge in [-0.1, -0.05) is 26.3 Å². The molecule has 1 atom stereocenters. The molecule has 0 amide bonds. The molecule has 0 bridgehead atoms. The van der Waals surface area contributed by atoms with E-state index < -0.39 is 0 Å². The SMILES string of the molecule is CC(C)C1(C)CCOCC2=C1CCS2. The molecule has 2 heteroatoms. The zero-order valence-corrected chi connectivity index (χ0v) is 10.2. The summed E-state index contributed by atoms with van der Waals surface area (Å²) < 4.78 is 5.68. The standard InChI is InChI=1S/C12H20OS/c1-9(2)12(3)5-6-13-8-11-10(12)4-7-14-11/h9H,4-8H2,1-3H3. The van der Waals surface area contributed by atoms with Gasteiger partial charge < -0.3 is 4.74 Å². The molecular formula is C12H20OS. The van der Waals surface area contributed by atoms with Crippen molar-refractivity contribution in [3.05, 3.63) is 10.5 Å². The number of thioether (sulfide) groups is 1. The summed E-state index contributed by atoms with van der Waals surface area (Å²) >= 11 is 2.01. The van der Waals surface area contributed by atoms with Gasteiger partial charge in [0.25, 0.3) is 0 Å². The summed E-state index contributed by atoms with van der Waals surface area (Å²) in [6.07, 6.45) is 2.49. The van der Waals surface area contributed by atoms with Crippen LogP contribution >= 0.6 is 11.8 Å². The number of hydrogen-bond donors (Lipinski definition) is 0. The number of allylic oxidation sites excluding steroid dienone is 1.